The second-order valence-corrected chi connectivity index (χ2v) is 6.66. The first-order chi connectivity index (χ1) is 11.5. The molecule has 2 N–H and O–H groups in total. The highest BCUT2D eigenvalue weighted by Crippen LogP contribution is 2.07. The van der Waals surface area contributed by atoms with Crippen molar-refractivity contribution in [2.75, 3.05) is 38.0 Å². The van der Waals surface area contributed by atoms with Gasteiger partial charge in [0.2, 0.25) is 5.91 Å². The van der Waals surface area contributed by atoms with Crippen LogP contribution >= 0.6 is 0 Å². The van der Waals surface area contributed by atoms with Crippen molar-refractivity contribution in [3.8, 4) is 0 Å². The van der Waals surface area contributed by atoms with Crippen LogP contribution in [0.15, 0.2) is 30.3 Å². The van der Waals surface area contributed by atoms with E-state index in [0.717, 1.165) is 5.69 Å². The summed E-state index contributed by atoms with van der Waals surface area (Å²) in [6.07, 6.45) is 0. The van der Waals surface area contributed by atoms with Crippen LogP contribution in [0.3, 0.4) is 0 Å². The predicted octanol–water partition coefficient (Wildman–Crippen LogP) is 2.00. The van der Waals surface area contributed by atoms with Crippen LogP contribution in [0, 0.1) is 5.92 Å². The van der Waals surface area contributed by atoms with E-state index in [4.69, 9.17) is 0 Å². The van der Waals surface area contributed by atoms with Crippen molar-refractivity contribution in [1.82, 2.24) is 15.1 Å². The minimum absolute atomic E-state index is 0.00964. The third-order valence-corrected chi connectivity index (χ3v) is 4.44. The highest BCUT2D eigenvalue weighted by molar-refractivity contribution is 5.92. The zero-order valence-electron chi connectivity index (χ0n) is 14.8. The summed E-state index contributed by atoms with van der Waals surface area (Å²) in [6.45, 7) is 9.28. The second-order valence-electron chi connectivity index (χ2n) is 6.66. The Morgan fingerprint density at radius 3 is 2.25 bits per heavy atom. The molecule has 132 valence electrons. The third-order valence-electron chi connectivity index (χ3n) is 4.44. The van der Waals surface area contributed by atoms with Crippen molar-refractivity contribution in [2.45, 2.75) is 26.8 Å². The fourth-order valence-corrected chi connectivity index (χ4v) is 2.49. The number of para-hydroxylation sites is 1. The van der Waals surface area contributed by atoms with Crippen LogP contribution in [0.4, 0.5) is 10.5 Å². The van der Waals surface area contributed by atoms with E-state index >= 15 is 0 Å². The Bertz CT molecular complexity index is 539. The van der Waals surface area contributed by atoms with Crippen molar-refractivity contribution in [3.63, 3.8) is 0 Å². The highest BCUT2D eigenvalue weighted by Gasteiger charge is 2.23. The normalized spacial score (nSPS) is 16.8. The van der Waals surface area contributed by atoms with Crippen LogP contribution in [-0.4, -0.2) is 60.5 Å². The summed E-state index contributed by atoms with van der Waals surface area (Å²) in [4.78, 5) is 28.2. The van der Waals surface area contributed by atoms with Gasteiger partial charge in [-0.05, 0) is 25.0 Å². The first kappa shape index (κ1) is 18.3. The monoisotopic (exact) mass is 332 g/mol. The molecule has 0 aliphatic carbocycles. The topological polar surface area (TPSA) is 64.7 Å². The van der Waals surface area contributed by atoms with Gasteiger partial charge in [0, 0.05) is 37.9 Å². The Balaban J connectivity index is 1.72. The summed E-state index contributed by atoms with van der Waals surface area (Å²) in [5.74, 6) is 0.393. The van der Waals surface area contributed by atoms with Gasteiger partial charge < -0.3 is 15.5 Å². The lowest BCUT2D eigenvalue weighted by molar-refractivity contribution is -0.117. The molecule has 1 aromatic rings. The number of piperazine rings is 1. The van der Waals surface area contributed by atoms with Gasteiger partial charge in [-0.1, -0.05) is 32.0 Å². The van der Waals surface area contributed by atoms with E-state index in [1.165, 1.54) is 0 Å². The Morgan fingerprint density at radius 1 is 1.04 bits per heavy atom. The van der Waals surface area contributed by atoms with Gasteiger partial charge >= 0.3 is 6.03 Å². The number of hydrogen-bond acceptors (Lipinski definition) is 3. The van der Waals surface area contributed by atoms with Crippen molar-refractivity contribution in [1.29, 1.82) is 0 Å². The Labute approximate surface area is 144 Å². The maximum Gasteiger partial charge on any atom is 0.317 e. The number of carbonyl (C=O) groups excluding carboxylic acids is 2. The summed E-state index contributed by atoms with van der Waals surface area (Å²) in [7, 11) is 0. The second kappa shape index (κ2) is 8.68. The van der Waals surface area contributed by atoms with E-state index in [0.29, 0.717) is 38.6 Å². The van der Waals surface area contributed by atoms with Gasteiger partial charge in [-0.3, -0.25) is 9.69 Å². The van der Waals surface area contributed by atoms with Gasteiger partial charge in [-0.25, -0.2) is 4.79 Å². The molecule has 1 unspecified atom stereocenters. The fraction of sp³-hybridized carbons (Fsp3) is 0.556. The van der Waals surface area contributed by atoms with Gasteiger partial charge in [0.1, 0.15) is 0 Å². The summed E-state index contributed by atoms with van der Waals surface area (Å²) in [5, 5.41) is 5.91. The first-order valence-electron chi connectivity index (χ1n) is 8.58. The number of carbonyl (C=O) groups is 2. The molecule has 1 heterocycles. The van der Waals surface area contributed by atoms with Crippen LogP contribution in [0.25, 0.3) is 0 Å². The lowest BCUT2D eigenvalue weighted by atomic mass is 10.1. The number of nitrogens with one attached hydrogen (secondary N) is 2. The van der Waals surface area contributed by atoms with Crippen molar-refractivity contribution >= 4 is 17.6 Å². The molecule has 6 heteroatoms. The lowest BCUT2D eigenvalue weighted by Crippen LogP contribution is -2.54. The van der Waals surface area contributed by atoms with E-state index in [9.17, 15) is 9.59 Å². The Kier molecular flexibility index (Phi) is 6.61. The molecule has 1 aromatic carbocycles. The largest absolute Gasteiger partial charge is 0.335 e. The molecule has 3 amide bonds. The molecule has 24 heavy (non-hydrogen) atoms. The number of benzene rings is 1. The number of hydrogen-bond donors (Lipinski definition) is 2. The molecular weight excluding hydrogens is 304 g/mol. The van der Waals surface area contributed by atoms with Gasteiger partial charge in [-0.2, -0.15) is 0 Å². The number of anilines is 1. The molecular formula is C18H28N4O2. The lowest BCUT2D eigenvalue weighted by Gasteiger charge is -2.35. The quantitative estimate of drug-likeness (QED) is 0.867. The van der Waals surface area contributed by atoms with Gasteiger partial charge in [0.25, 0.3) is 0 Å². The molecule has 6 nitrogen and oxygen atoms in total. The Hall–Kier alpha value is -2.08. The summed E-state index contributed by atoms with van der Waals surface area (Å²) >= 11 is 0. The van der Waals surface area contributed by atoms with Crippen LogP contribution in [0.5, 0.6) is 0 Å². The summed E-state index contributed by atoms with van der Waals surface area (Å²) in [6, 6.07) is 9.60. The molecule has 0 spiro atoms. The van der Waals surface area contributed by atoms with Crippen molar-refractivity contribution in [3.05, 3.63) is 30.3 Å². The number of nitrogens with zero attached hydrogens (tertiary/aromatic N) is 2. The fourth-order valence-electron chi connectivity index (χ4n) is 2.49. The minimum atomic E-state index is -0.0208. The molecule has 1 atom stereocenters. The molecule has 1 aliphatic heterocycles. The average molecular weight is 332 g/mol. The summed E-state index contributed by atoms with van der Waals surface area (Å²) in [5.41, 5.74) is 0.809. The molecule has 1 saturated heterocycles. The number of rotatable bonds is 5. The van der Waals surface area contributed by atoms with Crippen LogP contribution in [-0.2, 0) is 4.79 Å². The molecule has 1 aliphatic rings. The first-order valence-corrected chi connectivity index (χ1v) is 8.58. The smallest absolute Gasteiger partial charge is 0.317 e. The predicted molar refractivity (Wildman–Crippen MR) is 95.9 cm³/mol. The Morgan fingerprint density at radius 2 is 1.67 bits per heavy atom. The van der Waals surface area contributed by atoms with Crippen molar-refractivity contribution < 1.29 is 9.59 Å². The van der Waals surface area contributed by atoms with Gasteiger partial charge in [0.15, 0.2) is 0 Å². The van der Waals surface area contributed by atoms with E-state index in [1.807, 2.05) is 42.2 Å². The maximum atomic E-state index is 12.2. The van der Waals surface area contributed by atoms with Crippen molar-refractivity contribution in [2.24, 2.45) is 5.92 Å². The van der Waals surface area contributed by atoms with Crippen LogP contribution in [0.2, 0.25) is 0 Å². The van der Waals surface area contributed by atoms with Crippen LogP contribution in [0.1, 0.15) is 20.8 Å². The molecule has 0 radical (unpaired) electrons. The summed E-state index contributed by atoms with van der Waals surface area (Å²) < 4.78 is 0. The minimum Gasteiger partial charge on any atom is -0.335 e. The average Bonchev–Trinajstić information content (AvgIpc) is 2.56. The van der Waals surface area contributed by atoms with Gasteiger partial charge in [-0.15, -0.1) is 0 Å². The number of urea groups is 1. The molecule has 0 saturated carbocycles. The third kappa shape index (κ3) is 5.53. The number of amides is 3. The molecule has 0 bridgehead atoms. The SMILES string of the molecule is CC(C)C(C)NC(=O)N1CCN(CC(=O)Nc2ccccc2)CC1. The maximum absolute atomic E-state index is 12.2. The molecule has 1 fully saturated rings. The van der Waals surface area contributed by atoms with Crippen LogP contribution < -0.4 is 10.6 Å². The van der Waals surface area contributed by atoms with E-state index in [-0.39, 0.29) is 18.0 Å². The van der Waals surface area contributed by atoms with E-state index in [1.54, 1.807) is 0 Å². The van der Waals surface area contributed by atoms with E-state index < -0.39 is 0 Å². The standard InChI is InChI=1S/C18H28N4O2/c1-14(2)15(3)19-18(24)22-11-9-21(10-12-22)13-17(23)20-16-7-5-4-6-8-16/h4-8,14-15H,9-13H2,1-3H3,(H,19,24)(H,20,23). The van der Waals surface area contributed by atoms with Gasteiger partial charge in [0.05, 0.1) is 6.54 Å². The zero-order chi connectivity index (χ0) is 17.5. The molecule has 2 rings (SSSR count). The molecule has 0 aromatic heterocycles. The zero-order valence-corrected chi connectivity index (χ0v) is 14.8. The van der Waals surface area contributed by atoms with E-state index in [2.05, 4.69) is 29.4 Å². The highest BCUT2D eigenvalue weighted by atomic mass is 16.2.